The van der Waals surface area contributed by atoms with Gasteiger partial charge in [0.05, 0.1) is 24.1 Å². The van der Waals surface area contributed by atoms with Gasteiger partial charge in [0.1, 0.15) is 5.76 Å². The Kier molecular flexibility index (Phi) is 5.08. The molecule has 1 aromatic heterocycles. The fourth-order valence-corrected chi connectivity index (χ4v) is 3.32. The third-order valence-electron chi connectivity index (χ3n) is 5.02. The number of nitrogens with zero attached hydrogens (tertiary/aromatic N) is 1. The summed E-state index contributed by atoms with van der Waals surface area (Å²) < 4.78 is 10.5. The number of hydrogen-bond donors (Lipinski definition) is 2. The molecule has 8 nitrogen and oxygen atoms in total. The van der Waals surface area contributed by atoms with Crippen LogP contribution >= 0.6 is 0 Å². The molecule has 2 amide bonds. The highest BCUT2D eigenvalue weighted by Crippen LogP contribution is 2.30. The molecule has 1 atom stereocenters. The van der Waals surface area contributed by atoms with Crippen molar-refractivity contribution in [1.82, 2.24) is 10.2 Å². The van der Waals surface area contributed by atoms with Crippen molar-refractivity contribution in [2.24, 2.45) is 11.3 Å². The van der Waals surface area contributed by atoms with Crippen LogP contribution in [0.3, 0.4) is 0 Å². The molecule has 0 aromatic carbocycles. The molecule has 3 rings (SSSR count). The molecule has 2 saturated heterocycles. The average molecular weight is 350 g/mol. The van der Waals surface area contributed by atoms with Crippen molar-refractivity contribution in [3.63, 3.8) is 0 Å². The Morgan fingerprint density at radius 2 is 2.12 bits per heavy atom. The largest absolute Gasteiger partial charge is 0.481 e. The topological polar surface area (TPSA) is 109 Å². The van der Waals surface area contributed by atoms with Crippen LogP contribution in [0.15, 0.2) is 22.8 Å². The van der Waals surface area contributed by atoms with Crippen molar-refractivity contribution < 1.29 is 28.6 Å². The molecule has 2 N–H and O–H groups in total. The van der Waals surface area contributed by atoms with Gasteiger partial charge in [-0.3, -0.25) is 14.4 Å². The predicted molar refractivity (Wildman–Crippen MR) is 85.4 cm³/mol. The second-order valence-corrected chi connectivity index (χ2v) is 6.67. The maximum atomic E-state index is 12.4. The Bertz CT molecular complexity index is 636. The van der Waals surface area contributed by atoms with Gasteiger partial charge in [-0.25, -0.2) is 0 Å². The van der Waals surface area contributed by atoms with E-state index in [1.54, 1.807) is 23.3 Å². The van der Waals surface area contributed by atoms with E-state index in [0.717, 1.165) is 0 Å². The zero-order valence-electron chi connectivity index (χ0n) is 13.9. The van der Waals surface area contributed by atoms with Crippen LogP contribution < -0.4 is 5.32 Å². The van der Waals surface area contributed by atoms with Crippen molar-refractivity contribution >= 4 is 17.8 Å². The normalized spacial score (nSPS) is 22.8. The van der Waals surface area contributed by atoms with E-state index in [9.17, 15) is 19.5 Å². The van der Waals surface area contributed by atoms with Crippen molar-refractivity contribution in [3.8, 4) is 0 Å². The summed E-state index contributed by atoms with van der Waals surface area (Å²) in [5, 5.41) is 12.3. The first-order valence-corrected chi connectivity index (χ1v) is 8.39. The molecule has 0 saturated carbocycles. The molecule has 2 aliphatic rings. The maximum absolute atomic E-state index is 12.4. The summed E-state index contributed by atoms with van der Waals surface area (Å²) in [5.41, 5.74) is -0.982. The SMILES string of the molecule is O=C(NCC1(C(=O)O)CCOCC1)C1CC(=O)N(Cc2ccco2)C1. The van der Waals surface area contributed by atoms with Crippen LogP contribution in [0.2, 0.25) is 0 Å². The standard InChI is InChI=1S/C17H22N2O6/c20-14-8-12(9-19(14)10-13-2-1-5-25-13)15(21)18-11-17(16(22)23)3-6-24-7-4-17/h1-2,5,12H,3-4,6-11H2,(H,18,21)(H,22,23). The lowest BCUT2D eigenvalue weighted by molar-refractivity contribution is -0.154. The Hall–Kier alpha value is -2.35. The van der Waals surface area contributed by atoms with E-state index in [0.29, 0.717) is 44.9 Å². The lowest BCUT2D eigenvalue weighted by Gasteiger charge is -2.33. The van der Waals surface area contributed by atoms with Gasteiger partial charge in [-0.2, -0.15) is 0 Å². The zero-order chi connectivity index (χ0) is 17.9. The van der Waals surface area contributed by atoms with E-state index in [1.165, 1.54) is 0 Å². The molecule has 1 aromatic rings. The molecule has 3 heterocycles. The van der Waals surface area contributed by atoms with Crippen LogP contribution in [0.1, 0.15) is 25.0 Å². The van der Waals surface area contributed by atoms with Crippen LogP contribution in [0.25, 0.3) is 0 Å². The fraction of sp³-hybridized carbons (Fsp3) is 0.588. The van der Waals surface area contributed by atoms with Gasteiger partial charge in [-0.15, -0.1) is 0 Å². The number of carboxylic acid groups (broad SMARTS) is 1. The first-order chi connectivity index (χ1) is 12.0. The Morgan fingerprint density at radius 3 is 2.76 bits per heavy atom. The highest BCUT2D eigenvalue weighted by molar-refractivity contribution is 5.89. The van der Waals surface area contributed by atoms with Crippen molar-refractivity contribution in [2.45, 2.75) is 25.8 Å². The number of likely N-dealkylation sites (tertiary alicyclic amines) is 1. The van der Waals surface area contributed by atoms with E-state index < -0.39 is 17.3 Å². The van der Waals surface area contributed by atoms with Crippen molar-refractivity contribution in [1.29, 1.82) is 0 Å². The molecule has 136 valence electrons. The Balaban J connectivity index is 1.54. The second kappa shape index (κ2) is 7.26. The molecular weight excluding hydrogens is 328 g/mol. The lowest BCUT2D eigenvalue weighted by atomic mass is 9.80. The molecular formula is C17H22N2O6. The third-order valence-corrected chi connectivity index (χ3v) is 5.02. The summed E-state index contributed by atoms with van der Waals surface area (Å²) >= 11 is 0. The number of nitrogens with one attached hydrogen (secondary N) is 1. The summed E-state index contributed by atoms with van der Waals surface area (Å²) in [7, 11) is 0. The summed E-state index contributed by atoms with van der Waals surface area (Å²) in [6.45, 7) is 1.47. The summed E-state index contributed by atoms with van der Waals surface area (Å²) in [6.07, 6.45) is 2.42. The molecule has 1 unspecified atom stereocenters. The first-order valence-electron chi connectivity index (χ1n) is 8.39. The molecule has 2 fully saturated rings. The first kappa shape index (κ1) is 17.5. The quantitative estimate of drug-likeness (QED) is 0.779. The Morgan fingerprint density at radius 1 is 1.36 bits per heavy atom. The van der Waals surface area contributed by atoms with Crippen LogP contribution in [0.5, 0.6) is 0 Å². The van der Waals surface area contributed by atoms with Crippen LogP contribution in [0, 0.1) is 11.3 Å². The van der Waals surface area contributed by atoms with Gasteiger partial charge >= 0.3 is 5.97 Å². The minimum Gasteiger partial charge on any atom is -0.481 e. The molecule has 2 aliphatic heterocycles. The number of furan rings is 1. The highest BCUT2D eigenvalue weighted by atomic mass is 16.5. The van der Waals surface area contributed by atoms with E-state index in [4.69, 9.17) is 9.15 Å². The number of rotatable bonds is 6. The van der Waals surface area contributed by atoms with E-state index >= 15 is 0 Å². The fourth-order valence-electron chi connectivity index (χ4n) is 3.32. The van der Waals surface area contributed by atoms with Gasteiger partial charge in [0, 0.05) is 32.7 Å². The van der Waals surface area contributed by atoms with Gasteiger partial charge in [0.25, 0.3) is 0 Å². The van der Waals surface area contributed by atoms with Crippen LogP contribution in [-0.4, -0.2) is 54.1 Å². The average Bonchev–Trinajstić information content (AvgIpc) is 3.24. The molecule has 0 spiro atoms. The molecule has 0 bridgehead atoms. The van der Waals surface area contributed by atoms with Gasteiger partial charge < -0.3 is 24.5 Å². The third kappa shape index (κ3) is 3.84. The van der Waals surface area contributed by atoms with E-state index in [2.05, 4.69) is 5.32 Å². The van der Waals surface area contributed by atoms with E-state index in [1.807, 2.05) is 0 Å². The van der Waals surface area contributed by atoms with Gasteiger partial charge in [0.15, 0.2) is 0 Å². The van der Waals surface area contributed by atoms with Crippen LogP contribution in [-0.2, 0) is 25.7 Å². The van der Waals surface area contributed by atoms with Gasteiger partial charge in [-0.1, -0.05) is 0 Å². The monoisotopic (exact) mass is 350 g/mol. The minimum absolute atomic E-state index is 0.0629. The highest BCUT2D eigenvalue weighted by Gasteiger charge is 2.42. The summed E-state index contributed by atoms with van der Waals surface area (Å²) in [6, 6.07) is 3.53. The van der Waals surface area contributed by atoms with Gasteiger partial charge in [0.2, 0.25) is 11.8 Å². The summed E-state index contributed by atoms with van der Waals surface area (Å²) in [4.78, 5) is 37.7. The zero-order valence-corrected chi connectivity index (χ0v) is 13.9. The summed E-state index contributed by atoms with van der Waals surface area (Å²) in [5.74, 6) is -1.09. The van der Waals surface area contributed by atoms with Gasteiger partial charge in [-0.05, 0) is 25.0 Å². The number of carbonyl (C=O) groups is 3. The smallest absolute Gasteiger partial charge is 0.311 e. The number of carbonyl (C=O) groups excluding carboxylic acids is 2. The number of carboxylic acids is 1. The van der Waals surface area contributed by atoms with Crippen molar-refractivity contribution in [2.75, 3.05) is 26.3 Å². The number of ether oxygens (including phenoxy) is 1. The molecule has 25 heavy (non-hydrogen) atoms. The Labute approximate surface area is 145 Å². The lowest BCUT2D eigenvalue weighted by Crippen LogP contribution is -2.47. The minimum atomic E-state index is -0.982. The maximum Gasteiger partial charge on any atom is 0.311 e. The number of amides is 2. The molecule has 0 aliphatic carbocycles. The van der Waals surface area contributed by atoms with E-state index in [-0.39, 0.29) is 24.8 Å². The van der Waals surface area contributed by atoms with Crippen molar-refractivity contribution in [3.05, 3.63) is 24.2 Å². The number of hydrogen-bond acceptors (Lipinski definition) is 5. The molecule has 0 radical (unpaired) electrons. The predicted octanol–water partition coefficient (Wildman–Crippen LogP) is 0.626. The molecule has 8 heteroatoms. The number of aliphatic carboxylic acids is 1. The second-order valence-electron chi connectivity index (χ2n) is 6.67. The van der Waals surface area contributed by atoms with Crippen LogP contribution in [0.4, 0.5) is 0 Å².